The molecule has 2 atom stereocenters. The number of hydrogen-bond donors (Lipinski definition) is 1. The van der Waals surface area contributed by atoms with Gasteiger partial charge in [-0.05, 0) is 25.3 Å². The molecule has 90 valence electrons. The van der Waals surface area contributed by atoms with E-state index in [1.54, 1.807) is 17.7 Å². The van der Waals surface area contributed by atoms with Crippen molar-refractivity contribution in [2.45, 2.75) is 25.9 Å². The van der Waals surface area contributed by atoms with E-state index < -0.39 is 0 Å². The lowest BCUT2D eigenvalue weighted by Crippen LogP contribution is -2.55. The van der Waals surface area contributed by atoms with E-state index in [1.807, 2.05) is 0 Å². The Balaban J connectivity index is 2.10. The zero-order valence-corrected chi connectivity index (χ0v) is 10.9. The summed E-state index contributed by atoms with van der Waals surface area (Å²) in [6.45, 7) is 6.51. The van der Waals surface area contributed by atoms with Gasteiger partial charge in [-0.15, -0.1) is 11.3 Å². The maximum Gasteiger partial charge on any atom is 0.141 e. The Kier molecular flexibility index (Phi) is 2.72. The van der Waals surface area contributed by atoms with E-state index in [4.69, 9.17) is 0 Å². The summed E-state index contributed by atoms with van der Waals surface area (Å²) in [5, 5.41) is 6.71. The van der Waals surface area contributed by atoms with Crippen molar-refractivity contribution in [3.05, 3.63) is 17.8 Å². The summed E-state index contributed by atoms with van der Waals surface area (Å²) < 4.78 is 0. The SMILES string of the molecule is C[C@@H]1CNC[C@H](C)N1c1ncnc2sccc12. The maximum atomic E-state index is 4.50. The van der Waals surface area contributed by atoms with Gasteiger partial charge in [-0.1, -0.05) is 0 Å². The monoisotopic (exact) mass is 248 g/mol. The van der Waals surface area contributed by atoms with Crippen LogP contribution in [0.3, 0.4) is 0 Å². The number of nitrogens with zero attached hydrogens (tertiary/aromatic N) is 3. The Morgan fingerprint density at radius 2 is 2.06 bits per heavy atom. The van der Waals surface area contributed by atoms with E-state index in [1.165, 1.54) is 5.39 Å². The molecule has 2 aromatic heterocycles. The molecular formula is C12H16N4S. The number of thiophene rings is 1. The summed E-state index contributed by atoms with van der Waals surface area (Å²) in [5.41, 5.74) is 0. The van der Waals surface area contributed by atoms with Gasteiger partial charge in [0.25, 0.3) is 0 Å². The van der Waals surface area contributed by atoms with Crippen LogP contribution in [0.15, 0.2) is 17.8 Å². The Bertz CT molecular complexity index is 514. The van der Waals surface area contributed by atoms with Crippen molar-refractivity contribution >= 4 is 27.4 Å². The Morgan fingerprint density at radius 1 is 1.29 bits per heavy atom. The van der Waals surface area contributed by atoms with Gasteiger partial charge in [-0.2, -0.15) is 0 Å². The van der Waals surface area contributed by atoms with Gasteiger partial charge < -0.3 is 10.2 Å². The molecule has 0 saturated carbocycles. The van der Waals surface area contributed by atoms with Crippen LogP contribution in [0.1, 0.15) is 13.8 Å². The summed E-state index contributed by atoms with van der Waals surface area (Å²) in [5.74, 6) is 1.08. The van der Waals surface area contributed by atoms with E-state index in [0.29, 0.717) is 12.1 Å². The fourth-order valence-corrected chi connectivity index (χ4v) is 3.26. The molecule has 0 bridgehead atoms. The molecule has 5 heteroatoms. The highest BCUT2D eigenvalue weighted by Crippen LogP contribution is 2.29. The van der Waals surface area contributed by atoms with Crippen LogP contribution in [0.2, 0.25) is 0 Å². The number of rotatable bonds is 1. The minimum Gasteiger partial charge on any atom is -0.348 e. The molecule has 0 aliphatic carbocycles. The maximum absolute atomic E-state index is 4.50. The van der Waals surface area contributed by atoms with Crippen LogP contribution in [-0.2, 0) is 0 Å². The smallest absolute Gasteiger partial charge is 0.141 e. The van der Waals surface area contributed by atoms with Crippen LogP contribution in [0.5, 0.6) is 0 Å². The third kappa shape index (κ3) is 1.79. The molecule has 1 aliphatic rings. The number of anilines is 1. The summed E-state index contributed by atoms with van der Waals surface area (Å²) in [6, 6.07) is 3.06. The van der Waals surface area contributed by atoms with Crippen LogP contribution in [0.25, 0.3) is 10.2 Å². The highest BCUT2D eigenvalue weighted by Gasteiger charge is 2.27. The third-order valence-electron chi connectivity index (χ3n) is 3.31. The van der Waals surface area contributed by atoms with E-state index in [9.17, 15) is 0 Å². The topological polar surface area (TPSA) is 41.0 Å². The summed E-state index contributed by atoms with van der Waals surface area (Å²) in [4.78, 5) is 12.3. The van der Waals surface area contributed by atoms with Crippen LogP contribution < -0.4 is 10.2 Å². The Labute approximate surface area is 105 Å². The van der Waals surface area contributed by atoms with Crippen LogP contribution in [-0.4, -0.2) is 35.1 Å². The molecule has 0 spiro atoms. The highest BCUT2D eigenvalue weighted by atomic mass is 32.1. The molecule has 0 aromatic carbocycles. The first-order valence-corrected chi connectivity index (χ1v) is 6.82. The fourth-order valence-electron chi connectivity index (χ4n) is 2.53. The number of piperazine rings is 1. The molecule has 3 heterocycles. The quantitative estimate of drug-likeness (QED) is 0.836. The fraction of sp³-hybridized carbons (Fsp3) is 0.500. The van der Waals surface area contributed by atoms with E-state index in [-0.39, 0.29) is 0 Å². The van der Waals surface area contributed by atoms with Crippen molar-refractivity contribution in [3.63, 3.8) is 0 Å². The number of aromatic nitrogens is 2. The van der Waals surface area contributed by atoms with Gasteiger partial charge in [-0.3, -0.25) is 0 Å². The van der Waals surface area contributed by atoms with E-state index >= 15 is 0 Å². The predicted octanol–water partition coefficient (Wildman–Crippen LogP) is 1.88. The second-order valence-corrected chi connectivity index (χ2v) is 5.49. The van der Waals surface area contributed by atoms with Gasteiger partial charge in [0.1, 0.15) is 17.0 Å². The lowest BCUT2D eigenvalue weighted by atomic mass is 10.1. The standard InChI is InChI=1S/C12H16N4S/c1-8-5-13-6-9(2)16(8)11-10-3-4-17-12(10)15-7-14-11/h3-4,7-9,13H,5-6H2,1-2H3/t8-,9+. The first-order chi connectivity index (χ1) is 8.27. The average Bonchev–Trinajstić information content (AvgIpc) is 2.77. The van der Waals surface area contributed by atoms with E-state index in [2.05, 4.69) is 45.5 Å². The van der Waals surface area contributed by atoms with Crippen molar-refractivity contribution in [1.82, 2.24) is 15.3 Å². The second kappa shape index (κ2) is 4.23. The molecule has 2 aromatic rings. The molecule has 1 saturated heterocycles. The molecule has 0 unspecified atom stereocenters. The zero-order valence-electron chi connectivity index (χ0n) is 10.1. The number of fused-ring (bicyclic) bond motifs is 1. The lowest BCUT2D eigenvalue weighted by molar-refractivity contribution is 0.430. The zero-order chi connectivity index (χ0) is 11.8. The molecule has 1 fully saturated rings. The van der Waals surface area contributed by atoms with Crippen LogP contribution in [0.4, 0.5) is 5.82 Å². The van der Waals surface area contributed by atoms with Gasteiger partial charge in [0.05, 0.1) is 5.39 Å². The second-order valence-electron chi connectivity index (χ2n) is 4.60. The van der Waals surface area contributed by atoms with Gasteiger partial charge in [0.2, 0.25) is 0 Å². The predicted molar refractivity (Wildman–Crippen MR) is 71.7 cm³/mol. The highest BCUT2D eigenvalue weighted by molar-refractivity contribution is 7.16. The first-order valence-electron chi connectivity index (χ1n) is 5.94. The van der Waals surface area contributed by atoms with Crippen molar-refractivity contribution in [2.24, 2.45) is 0 Å². The Hall–Kier alpha value is -1.20. The normalized spacial score (nSPS) is 25.4. The van der Waals surface area contributed by atoms with Gasteiger partial charge in [0, 0.05) is 25.2 Å². The van der Waals surface area contributed by atoms with Crippen molar-refractivity contribution in [1.29, 1.82) is 0 Å². The van der Waals surface area contributed by atoms with Crippen molar-refractivity contribution < 1.29 is 0 Å². The molecule has 4 nitrogen and oxygen atoms in total. The van der Waals surface area contributed by atoms with Gasteiger partial charge in [0.15, 0.2) is 0 Å². The number of hydrogen-bond acceptors (Lipinski definition) is 5. The Morgan fingerprint density at radius 3 is 2.82 bits per heavy atom. The van der Waals surface area contributed by atoms with Crippen LogP contribution >= 0.6 is 11.3 Å². The van der Waals surface area contributed by atoms with Crippen LogP contribution in [0, 0.1) is 0 Å². The minimum absolute atomic E-state index is 0.469. The summed E-state index contributed by atoms with van der Waals surface area (Å²) >= 11 is 1.67. The third-order valence-corrected chi connectivity index (χ3v) is 4.14. The van der Waals surface area contributed by atoms with Crippen molar-refractivity contribution in [3.8, 4) is 0 Å². The molecule has 1 aliphatic heterocycles. The lowest BCUT2D eigenvalue weighted by Gasteiger charge is -2.40. The number of nitrogens with one attached hydrogen (secondary N) is 1. The molecule has 1 N–H and O–H groups in total. The molecule has 0 radical (unpaired) electrons. The van der Waals surface area contributed by atoms with Gasteiger partial charge in [-0.25, -0.2) is 9.97 Å². The molecular weight excluding hydrogens is 232 g/mol. The van der Waals surface area contributed by atoms with Gasteiger partial charge >= 0.3 is 0 Å². The average molecular weight is 248 g/mol. The first kappa shape index (κ1) is 10.9. The summed E-state index contributed by atoms with van der Waals surface area (Å²) in [6.07, 6.45) is 1.68. The molecule has 0 amide bonds. The van der Waals surface area contributed by atoms with Crippen molar-refractivity contribution in [2.75, 3.05) is 18.0 Å². The largest absolute Gasteiger partial charge is 0.348 e. The van der Waals surface area contributed by atoms with E-state index in [0.717, 1.165) is 23.7 Å². The summed E-state index contributed by atoms with van der Waals surface area (Å²) in [7, 11) is 0. The molecule has 3 rings (SSSR count). The molecule has 17 heavy (non-hydrogen) atoms. The minimum atomic E-state index is 0.469.